The predicted molar refractivity (Wildman–Crippen MR) is 264 cm³/mol. The first-order chi connectivity index (χ1) is 32.6. The van der Waals surface area contributed by atoms with Gasteiger partial charge in [-0.15, -0.1) is 0 Å². The van der Waals surface area contributed by atoms with Gasteiger partial charge in [-0.05, 0) is 74.0 Å². The number of carboxylic acids is 1. The van der Waals surface area contributed by atoms with Crippen LogP contribution in [0.25, 0.3) is 0 Å². The zero-order valence-electron chi connectivity index (χ0n) is 44.0. The fourth-order valence-electron chi connectivity index (χ4n) is 7.99. The Labute approximate surface area is 415 Å². The van der Waals surface area contributed by atoms with Gasteiger partial charge in [0.2, 0.25) is 47.3 Å². The summed E-state index contributed by atoms with van der Waals surface area (Å²) in [6, 6.07) is -9.50. The maximum absolute atomic E-state index is 14.1. The summed E-state index contributed by atoms with van der Waals surface area (Å²) in [4.78, 5) is 136. The normalized spacial score (nSPS) is 24.9. The summed E-state index contributed by atoms with van der Waals surface area (Å²) in [6.07, 6.45) is 2.99. The number of primary amides is 1. The maximum atomic E-state index is 14.1. The average molecular weight is 993 g/mol. The van der Waals surface area contributed by atoms with Gasteiger partial charge in [0, 0.05) is 6.42 Å². The standard InChI is InChI=1S/C50H88N8O12/c1-13-32(12)18-16-14-15-17-19-33-25-40(60)52-34(20-21-39(51)59)44(63)53-35(22-27(2)3)45(64)54-36(23-28(4)5)47(66)57-42(30(8)9)49(68)56-38(26-41(61)62)46(65)55-37(24-29(6)7)48(67)58-43(31(10)11)50(69)70-33/h27-38,42-43H,13-26H2,1-12H3,(H2,51,59)(H,52,60)(H,53,63)(H,54,64)(H,55,65)(H,56,68)(H,57,66)(H,58,67)(H,61,62)/t32-,33+,34-,35-,36+,37-,38-,42-,43-/m0/s1. The van der Waals surface area contributed by atoms with Crippen LogP contribution in [0.15, 0.2) is 0 Å². The fraction of sp³-hybridized carbons (Fsp3) is 0.800. The van der Waals surface area contributed by atoms with Crippen molar-refractivity contribution in [2.24, 2.45) is 41.2 Å². The molecule has 0 saturated carbocycles. The Bertz CT molecular complexity index is 1750. The monoisotopic (exact) mass is 993 g/mol. The van der Waals surface area contributed by atoms with Gasteiger partial charge in [-0.25, -0.2) is 4.79 Å². The van der Waals surface area contributed by atoms with Crippen molar-refractivity contribution < 1.29 is 57.8 Å². The number of carbonyl (C=O) groups excluding carboxylic acids is 9. The number of aliphatic carboxylic acids is 1. The molecule has 0 aromatic carbocycles. The molecule has 10 N–H and O–H groups in total. The molecule has 1 rings (SSSR count). The zero-order valence-corrected chi connectivity index (χ0v) is 44.0. The van der Waals surface area contributed by atoms with E-state index in [-0.39, 0.29) is 56.3 Å². The first kappa shape index (κ1) is 62.7. The number of carboxylic acid groups (broad SMARTS) is 1. The van der Waals surface area contributed by atoms with Crippen molar-refractivity contribution in [1.82, 2.24) is 37.2 Å². The lowest BCUT2D eigenvalue weighted by Crippen LogP contribution is -2.61. The summed E-state index contributed by atoms with van der Waals surface area (Å²) < 4.78 is 6.00. The molecule has 0 aromatic heterocycles. The van der Waals surface area contributed by atoms with Crippen LogP contribution in [0.2, 0.25) is 0 Å². The van der Waals surface area contributed by atoms with Gasteiger partial charge < -0.3 is 52.8 Å². The second kappa shape index (κ2) is 31.8. The summed E-state index contributed by atoms with van der Waals surface area (Å²) in [5, 5.41) is 28.3. The van der Waals surface area contributed by atoms with Gasteiger partial charge in [0.15, 0.2) is 0 Å². The topological polar surface area (TPSA) is 310 Å². The molecule has 0 radical (unpaired) electrons. The highest BCUT2D eigenvalue weighted by Gasteiger charge is 2.37. The highest BCUT2D eigenvalue weighted by molar-refractivity contribution is 5.98. The van der Waals surface area contributed by atoms with Gasteiger partial charge in [-0.3, -0.25) is 43.2 Å². The van der Waals surface area contributed by atoms with Crippen molar-refractivity contribution in [3.8, 4) is 0 Å². The lowest BCUT2D eigenvalue weighted by atomic mass is 9.98. The SMILES string of the molecule is CC[C@H](C)CCCCCC[C@@H]1CC(=O)N[C@@H](CCC(N)=O)C(=O)N[C@@H](CC(C)C)C(=O)N[C@H](CC(C)C)C(=O)N[C@@H](C(C)C)C(=O)N[C@@H](CC(=O)O)C(=O)N[C@@H](CC(C)C)C(=O)N[C@@H](C(C)C)C(=O)O1. The Morgan fingerprint density at radius 2 is 0.986 bits per heavy atom. The molecule has 0 unspecified atom stereocenters. The predicted octanol–water partition coefficient (Wildman–Crippen LogP) is 3.27. The number of hydrogen-bond acceptors (Lipinski definition) is 11. The molecule has 20 nitrogen and oxygen atoms in total. The lowest BCUT2D eigenvalue weighted by molar-refractivity contribution is -0.156. The van der Waals surface area contributed by atoms with E-state index in [1.807, 2.05) is 27.7 Å². The molecule has 20 heteroatoms. The van der Waals surface area contributed by atoms with E-state index in [0.29, 0.717) is 12.3 Å². The number of nitrogens with one attached hydrogen (secondary N) is 7. The van der Waals surface area contributed by atoms with E-state index in [4.69, 9.17) is 10.5 Å². The van der Waals surface area contributed by atoms with E-state index in [1.165, 1.54) is 0 Å². The molecule has 1 aliphatic rings. The van der Waals surface area contributed by atoms with Crippen molar-refractivity contribution in [2.75, 3.05) is 0 Å². The van der Waals surface area contributed by atoms with Crippen LogP contribution in [-0.2, 0) is 52.7 Å². The van der Waals surface area contributed by atoms with Gasteiger partial charge in [-0.1, -0.05) is 115 Å². The van der Waals surface area contributed by atoms with E-state index in [1.54, 1.807) is 41.5 Å². The summed E-state index contributed by atoms with van der Waals surface area (Å²) >= 11 is 0. The van der Waals surface area contributed by atoms with Gasteiger partial charge in [-0.2, -0.15) is 0 Å². The largest absolute Gasteiger partial charge is 0.481 e. The van der Waals surface area contributed by atoms with E-state index in [2.05, 4.69) is 51.1 Å². The van der Waals surface area contributed by atoms with Crippen molar-refractivity contribution >= 4 is 59.2 Å². The smallest absolute Gasteiger partial charge is 0.329 e. The number of carbonyl (C=O) groups is 10. The Morgan fingerprint density at radius 1 is 0.557 bits per heavy atom. The average Bonchev–Trinajstić information content (AvgIpc) is 3.24. The molecular formula is C50H88N8O12. The molecule has 400 valence electrons. The Kier molecular flexibility index (Phi) is 28.5. The molecule has 0 bridgehead atoms. The molecule has 1 fully saturated rings. The van der Waals surface area contributed by atoms with Crippen LogP contribution in [0.4, 0.5) is 0 Å². The maximum Gasteiger partial charge on any atom is 0.329 e. The van der Waals surface area contributed by atoms with Crippen LogP contribution >= 0.6 is 0 Å². The number of nitrogens with two attached hydrogens (primary N) is 1. The van der Waals surface area contributed by atoms with Gasteiger partial charge in [0.05, 0.1) is 12.8 Å². The van der Waals surface area contributed by atoms with Crippen molar-refractivity contribution in [3.63, 3.8) is 0 Å². The van der Waals surface area contributed by atoms with Gasteiger partial charge >= 0.3 is 11.9 Å². The summed E-state index contributed by atoms with van der Waals surface area (Å²) in [7, 11) is 0. The van der Waals surface area contributed by atoms with Crippen molar-refractivity contribution in [3.05, 3.63) is 0 Å². The van der Waals surface area contributed by atoms with Gasteiger partial charge in [0.1, 0.15) is 48.4 Å². The first-order valence-electron chi connectivity index (χ1n) is 25.5. The Morgan fingerprint density at radius 3 is 1.43 bits per heavy atom. The van der Waals surface area contributed by atoms with E-state index < -0.39 is 132 Å². The summed E-state index contributed by atoms with van der Waals surface area (Å²) in [6.45, 7) is 21.7. The first-order valence-corrected chi connectivity index (χ1v) is 25.5. The Hall–Kier alpha value is -5.30. The molecular weight excluding hydrogens is 905 g/mol. The lowest BCUT2D eigenvalue weighted by Gasteiger charge is -2.29. The molecule has 0 aliphatic carbocycles. The van der Waals surface area contributed by atoms with Crippen LogP contribution in [-0.4, -0.2) is 113 Å². The van der Waals surface area contributed by atoms with Crippen LogP contribution < -0.4 is 43.0 Å². The van der Waals surface area contributed by atoms with Gasteiger partial charge in [0.25, 0.3) is 0 Å². The van der Waals surface area contributed by atoms with Crippen molar-refractivity contribution in [1.29, 1.82) is 0 Å². The molecule has 0 spiro atoms. The minimum atomic E-state index is -1.72. The van der Waals surface area contributed by atoms with E-state index >= 15 is 0 Å². The molecule has 0 aromatic rings. The van der Waals surface area contributed by atoms with Crippen LogP contribution in [0.3, 0.4) is 0 Å². The summed E-state index contributed by atoms with van der Waals surface area (Å²) in [5.74, 6) is -9.94. The third kappa shape index (κ3) is 24.5. The second-order valence-corrected chi connectivity index (χ2v) is 21.1. The van der Waals surface area contributed by atoms with Crippen LogP contribution in [0, 0.1) is 35.5 Å². The summed E-state index contributed by atoms with van der Waals surface area (Å²) in [5.41, 5.74) is 5.47. The number of cyclic esters (lactones) is 1. The minimum Gasteiger partial charge on any atom is -0.481 e. The third-order valence-electron chi connectivity index (χ3n) is 12.2. The van der Waals surface area contributed by atoms with Crippen molar-refractivity contribution in [2.45, 2.75) is 221 Å². The minimum absolute atomic E-state index is 0.0428. The van der Waals surface area contributed by atoms with Crippen LogP contribution in [0.5, 0.6) is 0 Å². The third-order valence-corrected chi connectivity index (χ3v) is 12.2. The quantitative estimate of drug-likeness (QED) is 0.0592. The molecule has 70 heavy (non-hydrogen) atoms. The van der Waals surface area contributed by atoms with E-state index in [0.717, 1.165) is 32.1 Å². The Balaban J connectivity index is 3.98. The highest BCUT2D eigenvalue weighted by Crippen LogP contribution is 2.19. The molecule has 9 atom stereocenters. The number of hydrogen-bond donors (Lipinski definition) is 9. The molecule has 1 saturated heterocycles. The van der Waals surface area contributed by atoms with E-state index in [9.17, 15) is 53.1 Å². The fourth-order valence-corrected chi connectivity index (χ4v) is 7.99. The second-order valence-electron chi connectivity index (χ2n) is 21.1. The highest BCUT2D eigenvalue weighted by atomic mass is 16.5. The number of amides is 8. The molecule has 1 heterocycles. The molecule has 8 amide bonds. The molecule has 1 aliphatic heterocycles. The zero-order chi connectivity index (χ0) is 53.4. The number of ether oxygens (including phenoxy) is 1. The number of unbranched alkanes of at least 4 members (excludes halogenated alkanes) is 3. The number of rotatable bonds is 21. The van der Waals surface area contributed by atoms with Crippen LogP contribution in [0.1, 0.15) is 173 Å². The number of esters is 1.